The molecule has 2 saturated heterocycles. The predicted molar refractivity (Wildman–Crippen MR) is 135 cm³/mol. The first-order chi connectivity index (χ1) is 19.8. The van der Waals surface area contributed by atoms with Gasteiger partial charge in [-0.2, -0.15) is 0 Å². The molecule has 10 atom stereocenters. The molecule has 2 fully saturated rings. The minimum atomic E-state index is -2.06. The quantitative estimate of drug-likeness (QED) is 0.142. The summed E-state index contributed by atoms with van der Waals surface area (Å²) in [5.41, 5.74) is -2.00. The molecule has 16 nitrogen and oxygen atoms in total. The molecule has 0 bridgehead atoms. The van der Waals surface area contributed by atoms with E-state index in [-0.39, 0.29) is 17.1 Å². The molecule has 3 heterocycles. The van der Waals surface area contributed by atoms with E-state index in [9.17, 15) is 61.0 Å². The predicted octanol–water partition coefficient (Wildman–Crippen LogP) is -2.77. The molecule has 1 aromatic heterocycles. The zero-order valence-electron chi connectivity index (χ0n) is 21.3. The number of hydrogen-bond donors (Lipinski definition) is 11. The van der Waals surface area contributed by atoms with Crippen molar-refractivity contribution in [1.82, 2.24) is 0 Å². The van der Waals surface area contributed by atoms with Gasteiger partial charge >= 0.3 is 0 Å². The first-order valence-electron chi connectivity index (χ1n) is 12.6. The van der Waals surface area contributed by atoms with Crippen LogP contribution < -0.4 is 10.2 Å². The second-order valence-electron chi connectivity index (χ2n) is 9.90. The van der Waals surface area contributed by atoms with Crippen molar-refractivity contribution in [2.45, 2.75) is 61.4 Å². The molecule has 228 valence electrons. The zero-order valence-corrected chi connectivity index (χ0v) is 21.3. The molecule has 11 N–H and O–H groups in total. The number of fused-ring (bicyclic) bond motifs is 1. The number of phenols is 3. The minimum absolute atomic E-state index is 0.116. The summed E-state index contributed by atoms with van der Waals surface area (Å²) in [4.78, 5) is 14.0. The highest BCUT2D eigenvalue weighted by Crippen LogP contribution is 2.45. The molecule has 2 aliphatic rings. The van der Waals surface area contributed by atoms with Gasteiger partial charge in [-0.05, 0) is 24.3 Å². The third kappa shape index (κ3) is 4.92. The summed E-state index contributed by atoms with van der Waals surface area (Å²) >= 11 is 0. The SMILES string of the molecule is O=c1c(C2O[C@H](O)[C@H](O)[C@@H](O)[C@@H]2O)c(-c2ccc(O)cc2)oc2cc(O)c(O[C@H]3C(O)O[C@H](CO)[C@@H](O)[C@@H]3O)c(O)c12. The lowest BCUT2D eigenvalue weighted by Gasteiger charge is -2.39. The second kappa shape index (κ2) is 11.3. The highest BCUT2D eigenvalue weighted by molar-refractivity contribution is 5.90. The molecule has 2 aliphatic heterocycles. The summed E-state index contributed by atoms with van der Waals surface area (Å²) in [6.45, 7) is -0.767. The lowest BCUT2D eigenvalue weighted by molar-refractivity contribution is -0.284. The first kappa shape index (κ1) is 29.9. The van der Waals surface area contributed by atoms with Crippen molar-refractivity contribution in [2.75, 3.05) is 6.61 Å². The highest BCUT2D eigenvalue weighted by Gasteiger charge is 2.47. The number of ether oxygens (including phenoxy) is 3. The van der Waals surface area contributed by atoms with Crippen molar-refractivity contribution >= 4 is 11.0 Å². The molecular formula is C26H28O16. The Morgan fingerprint density at radius 2 is 1.45 bits per heavy atom. The molecule has 5 rings (SSSR count). The van der Waals surface area contributed by atoms with Gasteiger partial charge in [0.15, 0.2) is 30.2 Å². The molecular weight excluding hydrogens is 568 g/mol. The number of aliphatic hydroxyl groups is 8. The molecule has 0 amide bonds. The van der Waals surface area contributed by atoms with Gasteiger partial charge in [-0.3, -0.25) is 4.79 Å². The molecule has 0 radical (unpaired) electrons. The van der Waals surface area contributed by atoms with Crippen LogP contribution in [-0.4, -0.2) is 118 Å². The third-order valence-corrected chi connectivity index (χ3v) is 7.23. The van der Waals surface area contributed by atoms with Gasteiger partial charge < -0.3 is 74.8 Å². The fourth-order valence-corrected chi connectivity index (χ4v) is 4.95. The standard InChI is InChI=1S/C26H28O16/c27-6-11-14(30)18(34)24(26(38)40-11)41-22-9(29)5-10-12(16(22)32)15(31)13(21(39-10)7-1-3-8(28)4-2-7)23-19(35)17(33)20(36)25(37)42-23/h1-5,11,14,17-20,23-30,32-38H,6H2/t11-,14-,17+,18+,19+,20-,23?,24-,25+,26?/m1/s1. The Kier molecular flexibility index (Phi) is 8.03. The average Bonchev–Trinajstić information content (AvgIpc) is 2.95. The van der Waals surface area contributed by atoms with E-state index in [1.807, 2.05) is 0 Å². The fourth-order valence-electron chi connectivity index (χ4n) is 4.95. The zero-order chi connectivity index (χ0) is 30.6. The van der Waals surface area contributed by atoms with Gasteiger partial charge in [-0.1, -0.05) is 0 Å². The van der Waals surface area contributed by atoms with E-state index in [0.717, 1.165) is 6.07 Å². The normalized spacial score (nSPS) is 33.5. The van der Waals surface area contributed by atoms with Crippen LogP contribution in [-0.2, 0) is 9.47 Å². The average molecular weight is 596 g/mol. The number of phenolic OH excluding ortho intramolecular Hbond substituents is 3. The third-order valence-electron chi connectivity index (χ3n) is 7.23. The van der Waals surface area contributed by atoms with Crippen molar-refractivity contribution in [3.63, 3.8) is 0 Å². The number of aromatic hydroxyl groups is 3. The molecule has 16 heteroatoms. The van der Waals surface area contributed by atoms with Crippen molar-refractivity contribution in [2.24, 2.45) is 0 Å². The van der Waals surface area contributed by atoms with Crippen LogP contribution in [0, 0.1) is 0 Å². The largest absolute Gasteiger partial charge is 0.508 e. The Bertz CT molecular complexity index is 1510. The van der Waals surface area contributed by atoms with E-state index in [0.29, 0.717) is 0 Å². The van der Waals surface area contributed by atoms with E-state index in [1.54, 1.807) is 0 Å². The molecule has 0 spiro atoms. The topological polar surface area (TPSA) is 280 Å². The number of hydrogen-bond acceptors (Lipinski definition) is 16. The van der Waals surface area contributed by atoms with E-state index < -0.39 is 107 Å². The van der Waals surface area contributed by atoms with Crippen LogP contribution in [0.1, 0.15) is 11.7 Å². The van der Waals surface area contributed by atoms with Crippen LogP contribution in [0.5, 0.6) is 23.0 Å². The molecule has 0 aliphatic carbocycles. The van der Waals surface area contributed by atoms with Gasteiger partial charge in [0, 0.05) is 11.6 Å². The Labute approximate surface area is 234 Å². The first-order valence-corrected chi connectivity index (χ1v) is 12.6. The number of rotatable bonds is 5. The molecule has 2 aromatic carbocycles. The summed E-state index contributed by atoms with van der Waals surface area (Å²) in [7, 11) is 0. The van der Waals surface area contributed by atoms with Gasteiger partial charge in [-0.15, -0.1) is 0 Å². The Balaban J connectivity index is 1.69. The second-order valence-corrected chi connectivity index (χ2v) is 9.90. The van der Waals surface area contributed by atoms with E-state index in [2.05, 4.69) is 0 Å². The molecule has 3 aromatic rings. The number of benzene rings is 2. The van der Waals surface area contributed by atoms with Crippen LogP contribution in [0.2, 0.25) is 0 Å². The monoisotopic (exact) mass is 596 g/mol. The van der Waals surface area contributed by atoms with Gasteiger partial charge in [0.1, 0.15) is 65.2 Å². The molecule has 42 heavy (non-hydrogen) atoms. The van der Waals surface area contributed by atoms with Crippen LogP contribution in [0.25, 0.3) is 22.3 Å². The number of aliphatic hydroxyl groups excluding tert-OH is 8. The smallest absolute Gasteiger partial charge is 0.204 e. The maximum atomic E-state index is 14.0. The molecule has 0 saturated carbocycles. The Morgan fingerprint density at radius 3 is 2.10 bits per heavy atom. The summed E-state index contributed by atoms with van der Waals surface area (Å²) < 4.78 is 21.5. The van der Waals surface area contributed by atoms with Gasteiger partial charge in [-0.25, -0.2) is 0 Å². The lowest BCUT2D eigenvalue weighted by Crippen LogP contribution is -2.60. The van der Waals surface area contributed by atoms with Crippen molar-refractivity contribution in [3.05, 3.63) is 46.1 Å². The Morgan fingerprint density at radius 1 is 0.786 bits per heavy atom. The van der Waals surface area contributed by atoms with Gasteiger partial charge in [0.2, 0.25) is 11.2 Å². The summed E-state index contributed by atoms with van der Waals surface area (Å²) in [5.74, 6) is -3.28. The lowest BCUT2D eigenvalue weighted by atomic mass is 9.90. The van der Waals surface area contributed by atoms with Crippen LogP contribution in [0.3, 0.4) is 0 Å². The van der Waals surface area contributed by atoms with E-state index in [4.69, 9.17) is 18.6 Å². The van der Waals surface area contributed by atoms with E-state index in [1.165, 1.54) is 24.3 Å². The van der Waals surface area contributed by atoms with Crippen LogP contribution in [0.15, 0.2) is 39.5 Å². The maximum Gasteiger partial charge on any atom is 0.204 e. The summed E-state index contributed by atoms with van der Waals surface area (Å²) in [5, 5.41) is 112. The fraction of sp³-hybridized carbons (Fsp3) is 0.423. The highest BCUT2D eigenvalue weighted by atomic mass is 16.7. The molecule has 2 unspecified atom stereocenters. The van der Waals surface area contributed by atoms with Gasteiger partial charge in [0.25, 0.3) is 0 Å². The summed E-state index contributed by atoms with van der Waals surface area (Å²) in [6, 6.07) is 5.95. The summed E-state index contributed by atoms with van der Waals surface area (Å²) in [6.07, 6.45) is -18.7. The van der Waals surface area contributed by atoms with Gasteiger partial charge in [0.05, 0.1) is 12.2 Å². The Hall–Kier alpha value is -3.55. The van der Waals surface area contributed by atoms with Crippen LogP contribution >= 0.6 is 0 Å². The van der Waals surface area contributed by atoms with Crippen molar-refractivity contribution < 1.29 is 74.8 Å². The van der Waals surface area contributed by atoms with Crippen molar-refractivity contribution in [1.29, 1.82) is 0 Å². The van der Waals surface area contributed by atoms with E-state index >= 15 is 0 Å². The minimum Gasteiger partial charge on any atom is -0.508 e. The van der Waals surface area contributed by atoms with Crippen LogP contribution in [0.4, 0.5) is 0 Å². The maximum absolute atomic E-state index is 14.0. The van der Waals surface area contributed by atoms with Crippen molar-refractivity contribution in [3.8, 4) is 34.3 Å².